The molecule has 136 valence electrons. The van der Waals surface area contributed by atoms with Gasteiger partial charge in [-0.25, -0.2) is 14.0 Å². The van der Waals surface area contributed by atoms with Crippen LogP contribution in [0.3, 0.4) is 0 Å². The molecule has 2 N–H and O–H groups in total. The average Bonchev–Trinajstić information content (AvgIpc) is 2.62. The second kappa shape index (κ2) is 8.95. The Hall–Kier alpha value is -2.94. The number of nitrogens with one attached hydrogen (secondary N) is 2. The first-order valence-corrected chi connectivity index (χ1v) is 8.06. The Balaban J connectivity index is 1.87. The van der Waals surface area contributed by atoms with Crippen LogP contribution in [-0.2, 0) is 9.53 Å². The number of para-hydroxylation sites is 1. The van der Waals surface area contributed by atoms with Gasteiger partial charge in [-0.2, -0.15) is 0 Å². The number of methoxy groups -OCH3 is 1. The molecule has 0 heterocycles. The highest BCUT2D eigenvalue weighted by atomic mass is 79.9. The molecule has 26 heavy (non-hydrogen) atoms. The smallest absolute Gasteiger partial charge is 0.339 e. The molecule has 0 saturated carbocycles. The summed E-state index contributed by atoms with van der Waals surface area (Å²) in [7, 11) is 1.44. The van der Waals surface area contributed by atoms with Gasteiger partial charge < -0.3 is 14.8 Å². The summed E-state index contributed by atoms with van der Waals surface area (Å²) in [5.41, 5.74) is 0.0723. The van der Waals surface area contributed by atoms with Gasteiger partial charge in [0.15, 0.2) is 6.61 Å². The summed E-state index contributed by atoms with van der Waals surface area (Å²) in [4.78, 5) is 35.4. The molecule has 0 radical (unpaired) electrons. The zero-order valence-corrected chi connectivity index (χ0v) is 15.1. The molecule has 0 aromatic heterocycles. The molecule has 0 bridgehead atoms. The minimum absolute atomic E-state index is 0.0879. The summed E-state index contributed by atoms with van der Waals surface area (Å²) in [6, 6.07) is 9.20. The minimum Gasteiger partial charge on any atom is -0.497 e. The molecule has 7 nitrogen and oxygen atoms in total. The van der Waals surface area contributed by atoms with E-state index in [0.29, 0.717) is 10.2 Å². The van der Waals surface area contributed by atoms with E-state index >= 15 is 0 Å². The molecule has 0 aliphatic heterocycles. The van der Waals surface area contributed by atoms with Gasteiger partial charge in [-0.05, 0) is 46.3 Å². The number of amides is 3. The van der Waals surface area contributed by atoms with Crippen molar-refractivity contribution in [3.8, 4) is 5.75 Å². The largest absolute Gasteiger partial charge is 0.497 e. The molecule has 0 fully saturated rings. The van der Waals surface area contributed by atoms with Crippen LogP contribution >= 0.6 is 15.9 Å². The highest BCUT2D eigenvalue weighted by Gasteiger charge is 2.16. The second-order valence-electron chi connectivity index (χ2n) is 4.90. The van der Waals surface area contributed by atoms with Crippen molar-refractivity contribution in [1.29, 1.82) is 0 Å². The molecule has 0 spiro atoms. The number of esters is 1. The van der Waals surface area contributed by atoms with E-state index < -0.39 is 30.3 Å². The van der Waals surface area contributed by atoms with E-state index in [2.05, 4.69) is 21.2 Å². The lowest BCUT2D eigenvalue weighted by molar-refractivity contribution is -0.123. The summed E-state index contributed by atoms with van der Waals surface area (Å²) >= 11 is 3.19. The molecule has 0 aliphatic rings. The Morgan fingerprint density at radius 2 is 1.88 bits per heavy atom. The van der Waals surface area contributed by atoms with E-state index in [4.69, 9.17) is 9.47 Å². The quantitative estimate of drug-likeness (QED) is 0.719. The van der Waals surface area contributed by atoms with Crippen molar-refractivity contribution in [2.45, 2.75) is 0 Å². The fourth-order valence-electron chi connectivity index (χ4n) is 1.88. The van der Waals surface area contributed by atoms with Crippen LogP contribution in [-0.4, -0.2) is 31.6 Å². The Bertz CT molecular complexity index is 844. The highest BCUT2D eigenvalue weighted by molar-refractivity contribution is 9.10. The normalized spacial score (nSPS) is 9.96. The van der Waals surface area contributed by atoms with Crippen LogP contribution in [0.1, 0.15) is 10.4 Å². The molecule has 0 atom stereocenters. The summed E-state index contributed by atoms with van der Waals surface area (Å²) in [5, 5.41) is 4.10. The number of halogens is 2. The zero-order chi connectivity index (χ0) is 19.1. The van der Waals surface area contributed by atoms with Crippen LogP contribution < -0.4 is 15.4 Å². The van der Waals surface area contributed by atoms with Crippen molar-refractivity contribution in [2.75, 3.05) is 19.0 Å². The van der Waals surface area contributed by atoms with Crippen LogP contribution in [0.4, 0.5) is 14.9 Å². The zero-order valence-electron chi connectivity index (χ0n) is 13.5. The van der Waals surface area contributed by atoms with Gasteiger partial charge in [0.1, 0.15) is 11.6 Å². The third-order valence-corrected chi connectivity index (χ3v) is 3.79. The number of hydrogen-bond donors (Lipinski definition) is 2. The number of rotatable bonds is 5. The van der Waals surface area contributed by atoms with Gasteiger partial charge in [-0.15, -0.1) is 0 Å². The topological polar surface area (TPSA) is 93.7 Å². The summed E-state index contributed by atoms with van der Waals surface area (Å²) in [6.45, 7) is -0.687. The lowest BCUT2D eigenvalue weighted by atomic mass is 10.2. The Morgan fingerprint density at radius 1 is 1.15 bits per heavy atom. The maximum atomic E-state index is 13.4. The van der Waals surface area contributed by atoms with Crippen molar-refractivity contribution in [1.82, 2.24) is 5.32 Å². The van der Waals surface area contributed by atoms with E-state index in [0.717, 1.165) is 6.07 Å². The third kappa shape index (κ3) is 5.28. The van der Waals surface area contributed by atoms with Gasteiger partial charge in [0.05, 0.1) is 18.4 Å². The summed E-state index contributed by atoms with van der Waals surface area (Å²) < 4.78 is 23.7. The monoisotopic (exact) mass is 424 g/mol. The third-order valence-electron chi connectivity index (χ3n) is 3.10. The fraction of sp³-hybridized carbons (Fsp3) is 0.118. The average molecular weight is 425 g/mol. The van der Waals surface area contributed by atoms with E-state index in [1.54, 1.807) is 12.1 Å². The van der Waals surface area contributed by atoms with Crippen LogP contribution in [0.5, 0.6) is 5.75 Å². The van der Waals surface area contributed by atoms with Crippen LogP contribution in [0.25, 0.3) is 0 Å². The predicted octanol–water partition coefficient (Wildman–Crippen LogP) is 3.10. The maximum absolute atomic E-state index is 13.4. The van der Waals surface area contributed by atoms with E-state index in [9.17, 15) is 18.8 Å². The Labute approximate surface area is 156 Å². The lowest BCUT2D eigenvalue weighted by Crippen LogP contribution is -2.37. The van der Waals surface area contributed by atoms with Crippen LogP contribution in [0.15, 0.2) is 46.9 Å². The van der Waals surface area contributed by atoms with Crippen molar-refractivity contribution >= 4 is 39.5 Å². The van der Waals surface area contributed by atoms with Crippen LogP contribution in [0.2, 0.25) is 0 Å². The SMILES string of the molecule is COc1ccc(Br)c(C(=O)OCC(=O)NC(=O)Nc2ccccc2F)c1. The first kappa shape index (κ1) is 19.4. The Kier molecular flexibility index (Phi) is 6.67. The standard InChI is InChI=1S/C17H14BrFN2O5/c1-25-10-6-7-12(18)11(8-10)16(23)26-9-15(22)21-17(24)20-14-5-3-2-4-13(14)19/h2-8H,9H2,1H3,(H2,20,21,22,24). The van der Waals surface area contributed by atoms with E-state index in [-0.39, 0.29) is 11.3 Å². The highest BCUT2D eigenvalue weighted by Crippen LogP contribution is 2.23. The molecular formula is C17H14BrFN2O5. The molecule has 0 saturated heterocycles. The van der Waals surface area contributed by atoms with Crippen LogP contribution in [0, 0.1) is 5.82 Å². The number of carbonyl (C=O) groups is 3. The molecule has 2 aromatic carbocycles. The molecular weight excluding hydrogens is 411 g/mol. The number of imide groups is 1. The van der Waals surface area contributed by atoms with Gasteiger partial charge in [0, 0.05) is 4.47 Å². The fourth-order valence-corrected chi connectivity index (χ4v) is 2.28. The molecule has 2 rings (SSSR count). The molecule has 9 heteroatoms. The van der Waals surface area contributed by atoms with Crippen molar-refractivity contribution in [3.63, 3.8) is 0 Å². The molecule has 0 aliphatic carbocycles. The van der Waals surface area contributed by atoms with E-state index in [1.807, 2.05) is 5.32 Å². The van der Waals surface area contributed by atoms with Gasteiger partial charge >= 0.3 is 12.0 Å². The number of urea groups is 1. The van der Waals surface area contributed by atoms with Gasteiger partial charge in [-0.3, -0.25) is 10.1 Å². The lowest BCUT2D eigenvalue weighted by Gasteiger charge is -2.09. The number of carbonyl (C=O) groups excluding carboxylic acids is 3. The van der Waals surface area contributed by atoms with Gasteiger partial charge in [-0.1, -0.05) is 12.1 Å². The second-order valence-corrected chi connectivity index (χ2v) is 5.76. The predicted molar refractivity (Wildman–Crippen MR) is 94.5 cm³/mol. The first-order chi connectivity index (χ1) is 12.4. The van der Waals surface area contributed by atoms with Gasteiger partial charge in [0.25, 0.3) is 5.91 Å². The van der Waals surface area contributed by atoms with Crippen molar-refractivity contribution in [2.24, 2.45) is 0 Å². The number of anilines is 1. The maximum Gasteiger partial charge on any atom is 0.339 e. The number of benzene rings is 2. The summed E-state index contributed by atoms with van der Waals surface area (Å²) in [5.74, 6) is -1.86. The number of hydrogen-bond acceptors (Lipinski definition) is 5. The Morgan fingerprint density at radius 3 is 2.58 bits per heavy atom. The first-order valence-electron chi connectivity index (χ1n) is 7.26. The van der Waals surface area contributed by atoms with Gasteiger partial charge in [0.2, 0.25) is 0 Å². The van der Waals surface area contributed by atoms with Crippen molar-refractivity contribution < 1.29 is 28.2 Å². The summed E-state index contributed by atoms with van der Waals surface area (Å²) in [6.07, 6.45) is 0. The van der Waals surface area contributed by atoms with Crippen molar-refractivity contribution in [3.05, 3.63) is 58.3 Å². The number of ether oxygens (including phenoxy) is 2. The minimum atomic E-state index is -0.946. The van der Waals surface area contributed by atoms with E-state index in [1.165, 1.54) is 31.4 Å². The molecule has 3 amide bonds. The molecule has 0 unspecified atom stereocenters. The molecule has 2 aromatic rings.